The maximum atomic E-state index is 12.6. The lowest BCUT2D eigenvalue weighted by molar-refractivity contribution is 0.0734. The lowest BCUT2D eigenvalue weighted by Crippen LogP contribution is -2.09. The molecule has 0 fully saturated rings. The van der Waals surface area contributed by atoms with Gasteiger partial charge in [0.2, 0.25) is 0 Å². The fourth-order valence-corrected chi connectivity index (χ4v) is 3.60. The van der Waals surface area contributed by atoms with Crippen molar-refractivity contribution in [1.29, 1.82) is 0 Å². The van der Waals surface area contributed by atoms with Gasteiger partial charge < -0.3 is 18.3 Å². The summed E-state index contributed by atoms with van der Waals surface area (Å²) in [6.45, 7) is 0. The molecule has 3 aromatic carbocycles. The largest absolute Gasteiger partial charge is 0.497 e. The van der Waals surface area contributed by atoms with Crippen LogP contribution in [-0.2, 0) is 0 Å². The van der Waals surface area contributed by atoms with Crippen LogP contribution in [0.2, 0.25) is 0 Å². The Hall–Kier alpha value is -4.65. The Labute approximate surface area is 186 Å². The molecule has 0 spiro atoms. The molecule has 33 heavy (non-hydrogen) atoms. The Morgan fingerprint density at radius 1 is 0.758 bits per heavy atom. The number of para-hydroxylation sites is 1. The van der Waals surface area contributed by atoms with Crippen LogP contribution < -0.4 is 20.7 Å². The van der Waals surface area contributed by atoms with E-state index in [1.807, 2.05) is 12.1 Å². The number of benzene rings is 3. The molecule has 162 valence electrons. The Bertz CT molecular complexity index is 1640. The average molecular weight is 440 g/mol. The summed E-state index contributed by atoms with van der Waals surface area (Å²) in [7, 11) is 1.50. The lowest BCUT2D eigenvalue weighted by Gasteiger charge is -2.09. The predicted octanol–water partition coefficient (Wildman–Crippen LogP) is 4.79. The number of esters is 1. The number of carbonyl (C=O) groups is 1. The third-order valence-corrected chi connectivity index (χ3v) is 5.16. The first-order valence-electron chi connectivity index (χ1n) is 9.99. The Balaban J connectivity index is 1.57. The van der Waals surface area contributed by atoms with Gasteiger partial charge in [0.25, 0.3) is 0 Å². The van der Waals surface area contributed by atoms with Gasteiger partial charge in [0, 0.05) is 28.5 Å². The van der Waals surface area contributed by atoms with Crippen molar-refractivity contribution in [2.24, 2.45) is 0 Å². The molecule has 7 heteroatoms. The number of ether oxygens (including phenoxy) is 2. The van der Waals surface area contributed by atoms with Crippen LogP contribution in [0.5, 0.6) is 11.5 Å². The Morgan fingerprint density at radius 2 is 1.61 bits per heavy atom. The summed E-state index contributed by atoms with van der Waals surface area (Å²) in [6.07, 6.45) is 0. The Kier molecular flexibility index (Phi) is 4.99. The van der Waals surface area contributed by atoms with E-state index in [0.717, 1.165) is 5.39 Å². The highest BCUT2D eigenvalue weighted by Crippen LogP contribution is 2.30. The highest BCUT2D eigenvalue weighted by Gasteiger charge is 2.16. The first-order chi connectivity index (χ1) is 16.0. The van der Waals surface area contributed by atoms with E-state index >= 15 is 0 Å². The SMILES string of the molecule is COc1cccc(C(=O)Oc2ccc3c(-c4cc5ccccc5oc4=O)cc(=O)oc3c2)c1. The number of methoxy groups -OCH3 is 1. The average Bonchev–Trinajstić information content (AvgIpc) is 2.83. The monoisotopic (exact) mass is 440 g/mol. The molecule has 0 amide bonds. The van der Waals surface area contributed by atoms with Crippen LogP contribution in [-0.4, -0.2) is 13.1 Å². The quantitative estimate of drug-likeness (QED) is 0.225. The molecule has 0 unspecified atom stereocenters. The second-order valence-electron chi connectivity index (χ2n) is 7.24. The summed E-state index contributed by atoms with van der Waals surface area (Å²) in [4.78, 5) is 37.4. The van der Waals surface area contributed by atoms with E-state index in [4.69, 9.17) is 18.3 Å². The van der Waals surface area contributed by atoms with Crippen molar-refractivity contribution in [2.45, 2.75) is 0 Å². The lowest BCUT2D eigenvalue weighted by atomic mass is 10.0. The molecule has 0 saturated carbocycles. The summed E-state index contributed by atoms with van der Waals surface area (Å²) in [5.74, 6) is 0.107. The molecule has 0 saturated heterocycles. The van der Waals surface area contributed by atoms with E-state index in [9.17, 15) is 14.4 Å². The van der Waals surface area contributed by atoms with Gasteiger partial charge in [-0.05, 0) is 42.5 Å². The molecule has 7 nitrogen and oxygen atoms in total. The topological polar surface area (TPSA) is 96.0 Å². The van der Waals surface area contributed by atoms with Crippen LogP contribution in [0.4, 0.5) is 0 Å². The zero-order valence-corrected chi connectivity index (χ0v) is 17.4. The van der Waals surface area contributed by atoms with E-state index in [2.05, 4.69) is 0 Å². The van der Waals surface area contributed by atoms with Crippen LogP contribution in [0.25, 0.3) is 33.1 Å². The Morgan fingerprint density at radius 3 is 2.45 bits per heavy atom. The van der Waals surface area contributed by atoms with Crippen molar-refractivity contribution in [3.63, 3.8) is 0 Å². The van der Waals surface area contributed by atoms with Gasteiger partial charge in [0.05, 0.1) is 18.2 Å². The van der Waals surface area contributed by atoms with E-state index in [0.29, 0.717) is 27.8 Å². The maximum absolute atomic E-state index is 12.6. The van der Waals surface area contributed by atoms with Gasteiger partial charge >= 0.3 is 17.2 Å². The minimum absolute atomic E-state index is 0.168. The molecular weight excluding hydrogens is 424 g/mol. The van der Waals surface area contributed by atoms with Crippen LogP contribution >= 0.6 is 0 Å². The molecule has 0 bridgehead atoms. The minimum atomic E-state index is -0.652. The molecule has 0 aliphatic carbocycles. The zero-order valence-electron chi connectivity index (χ0n) is 17.4. The van der Waals surface area contributed by atoms with E-state index in [-0.39, 0.29) is 16.9 Å². The first-order valence-corrected chi connectivity index (χ1v) is 9.99. The highest BCUT2D eigenvalue weighted by atomic mass is 16.5. The van der Waals surface area contributed by atoms with E-state index in [1.54, 1.807) is 54.6 Å². The van der Waals surface area contributed by atoms with Crippen molar-refractivity contribution < 1.29 is 23.1 Å². The highest BCUT2D eigenvalue weighted by molar-refractivity contribution is 5.96. The van der Waals surface area contributed by atoms with Gasteiger partial charge in [-0.1, -0.05) is 24.3 Å². The van der Waals surface area contributed by atoms with Crippen molar-refractivity contribution in [2.75, 3.05) is 7.11 Å². The van der Waals surface area contributed by atoms with Gasteiger partial charge in [0.1, 0.15) is 22.7 Å². The van der Waals surface area contributed by atoms with Crippen molar-refractivity contribution in [1.82, 2.24) is 0 Å². The third-order valence-electron chi connectivity index (χ3n) is 5.16. The molecule has 2 aromatic heterocycles. The van der Waals surface area contributed by atoms with Gasteiger partial charge in [-0.15, -0.1) is 0 Å². The molecule has 5 aromatic rings. The number of rotatable bonds is 4. The van der Waals surface area contributed by atoms with Gasteiger partial charge in [-0.2, -0.15) is 0 Å². The van der Waals surface area contributed by atoms with Crippen molar-refractivity contribution in [3.05, 3.63) is 105 Å². The van der Waals surface area contributed by atoms with Crippen LogP contribution in [0.1, 0.15) is 10.4 Å². The molecular formula is C26H16O7. The van der Waals surface area contributed by atoms with Crippen molar-refractivity contribution in [3.8, 4) is 22.6 Å². The second kappa shape index (κ2) is 8.12. The zero-order chi connectivity index (χ0) is 22.9. The standard InChI is InChI=1S/C26H16O7/c1-30-17-7-4-6-16(11-17)25(28)31-18-9-10-19-20(14-24(27)32-23(19)13-18)21-12-15-5-2-3-8-22(15)33-26(21)29/h2-14H,1H3. The molecule has 0 aliphatic rings. The first kappa shape index (κ1) is 20.3. The second-order valence-corrected chi connectivity index (χ2v) is 7.24. The maximum Gasteiger partial charge on any atom is 0.344 e. The number of hydrogen-bond donors (Lipinski definition) is 0. The number of hydrogen-bond acceptors (Lipinski definition) is 7. The summed E-state index contributed by atoms with van der Waals surface area (Å²) in [6, 6.07) is 21.2. The van der Waals surface area contributed by atoms with Crippen molar-refractivity contribution >= 4 is 27.9 Å². The summed E-state index contributed by atoms with van der Waals surface area (Å²) < 4.78 is 21.3. The fourth-order valence-electron chi connectivity index (χ4n) is 3.60. The molecule has 0 atom stereocenters. The molecule has 0 radical (unpaired) electrons. The normalized spacial score (nSPS) is 10.9. The van der Waals surface area contributed by atoms with Gasteiger partial charge in [0.15, 0.2) is 0 Å². The summed E-state index contributed by atoms with van der Waals surface area (Å²) >= 11 is 0. The molecule has 0 aliphatic heterocycles. The van der Waals surface area contributed by atoms with Crippen LogP contribution in [0, 0.1) is 0 Å². The summed E-state index contributed by atoms with van der Waals surface area (Å²) in [5.41, 5.74) is 0.291. The van der Waals surface area contributed by atoms with E-state index in [1.165, 1.54) is 19.2 Å². The predicted molar refractivity (Wildman–Crippen MR) is 122 cm³/mol. The number of carbonyl (C=O) groups excluding carboxylic acids is 1. The smallest absolute Gasteiger partial charge is 0.344 e. The summed E-state index contributed by atoms with van der Waals surface area (Å²) in [5, 5.41) is 1.22. The third kappa shape index (κ3) is 3.87. The van der Waals surface area contributed by atoms with Gasteiger partial charge in [-0.25, -0.2) is 14.4 Å². The fraction of sp³-hybridized carbons (Fsp3) is 0.0385. The molecule has 5 rings (SSSR count). The van der Waals surface area contributed by atoms with Crippen LogP contribution in [0.3, 0.4) is 0 Å². The number of fused-ring (bicyclic) bond motifs is 2. The minimum Gasteiger partial charge on any atom is -0.497 e. The molecule has 0 N–H and O–H groups in total. The van der Waals surface area contributed by atoms with Gasteiger partial charge in [-0.3, -0.25) is 0 Å². The van der Waals surface area contributed by atoms with Crippen LogP contribution in [0.15, 0.2) is 97.3 Å². The van der Waals surface area contributed by atoms with E-state index < -0.39 is 17.2 Å². The molecule has 2 heterocycles.